The van der Waals surface area contributed by atoms with Gasteiger partial charge in [-0.1, -0.05) is 44.8 Å². The van der Waals surface area contributed by atoms with Gasteiger partial charge >= 0.3 is 5.97 Å². The van der Waals surface area contributed by atoms with Crippen LogP contribution in [-0.2, 0) is 14.4 Å². The van der Waals surface area contributed by atoms with Crippen molar-refractivity contribution in [2.45, 2.75) is 97.6 Å². The molecule has 0 radical (unpaired) electrons. The van der Waals surface area contributed by atoms with Crippen LogP contribution in [0, 0.1) is 34.5 Å². The Labute approximate surface area is 203 Å². The Hall–Kier alpha value is -1.89. The van der Waals surface area contributed by atoms with Crippen LogP contribution in [0.15, 0.2) is 16.8 Å². The minimum absolute atomic E-state index is 0.100. The molecule has 0 aromatic carbocycles. The number of allylic oxidation sites excluding steroid dienone is 2. The van der Waals surface area contributed by atoms with E-state index in [1.165, 1.54) is 18.4 Å². The van der Waals surface area contributed by atoms with Crippen molar-refractivity contribution in [1.29, 1.82) is 0 Å². The summed E-state index contributed by atoms with van der Waals surface area (Å²) >= 11 is 0. The van der Waals surface area contributed by atoms with Crippen molar-refractivity contribution in [3.8, 4) is 0 Å². The fourth-order valence-electron chi connectivity index (χ4n) is 7.69. The zero-order valence-electron chi connectivity index (χ0n) is 21.2. The number of aliphatic hydroxyl groups is 1. The maximum absolute atomic E-state index is 12.2. The molecule has 4 rings (SSSR count). The number of carbonyl (C=O) groups excluding carboxylic acids is 1. The summed E-state index contributed by atoms with van der Waals surface area (Å²) in [6.45, 7) is 8.17. The molecule has 3 fully saturated rings. The number of carboxylic acid groups (broad SMARTS) is 1. The summed E-state index contributed by atoms with van der Waals surface area (Å²) < 4.78 is 0. The first-order valence-electron chi connectivity index (χ1n) is 13.2. The number of amides is 1. The Morgan fingerprint density at radius 2 is 1.94 bits per heavy atom. The van der Waals surface area contributed by atoms with E-state index in [2.05, 4.69) is 30.4 Å². The van der Waals surface area contributed by atoms with Gasteiger partial charge < -0.3 is 20.4 Å². The average Bonchev–Trinajstić information content (AvgIpc) is 3.11. The van der Waals surface area contributed by atoms with E-state index >= 15 is 0 Å². The van der Waals surface area contributed by atoms with Crippen LogP contribution >= 0.6 is 0 Å². The standard InChI is InChI=1S/C27H42N2O5/c1-5-16(2)24(25(32)33)28-23(31)15-34-29-18-10-12-26(3)17(14-18)6-7-19-20-8-9-22(30)27(20,4)13-11-21(19)26/h14,16,19-22,24,30H,5-13,15H2,1-4H3,(H,28,31)(H,32,33)/b29-18+/t16-,19+,20-,21-,22+,24-,26+,27+/m1/s1. The number of rotatable bonds is 7. The number of hydrogen-bond acceptors (Lipinski definition) is 5. The third-order valence-corrected chi connectivity index (χ3v) is 10.1. The topological polar surface area (TPSA) is 108 Å². The van der Waals surface area contributed by atoms with Gasteiger partial charge in [0.2, 0.25) is 0 Å². The van der Waals surface area contributed by atoms with Crippen molar-refractivity contribution in [3.63, 3.8) is 0 Å². The third-order valence-electron chi connectivity index (χ3n) is 10.1. The maximum atomic E-state index is 12.2. The second kappa shape index (κ2) is 9.63. The molecule has 0 aromatic heterocycles. The quantitative estimate of drug-likeness (QED) is 0.477. The van der Waals surface area contributed by atoms with Crippen LogP contribution in [0.2, 0.25) is 0 Å². The molecule has 7 heteroatoms. The predicted octanol–water partition coefficient (Wildman–Crippen LogP) is 4.30. The van der Waals surface area contributed by atoms with Gasteiger partial charge in [-0.2, -0.15) is 0 Å². The Kier molecular flexibility index (Phi) is 7.14. The van der Waals surface area contributed by atoms with Crippen LogP contribution in [0.1, 0.15) is 85.5 Å². The van der Waals surface area contributed by atoms with E-state index in [1.807, 2.05) is 13.8 Å². The van der Waals surface area contributed by atoms with Gasteiger partial charge in [0, 0.05) is 0 Å². The number of oxime groups is 1. The summed E-state index contributed by atoms with van der Waals surface area (Å²) in [6, 6.07) is -0.917. The molecule has 0 bridgehead atoms. The van der Waals surface area contributed by atoms with E-state index in [9.17, 15) is 19.8 Å². The summed E-state index contributed by atoms with van der Waals surface area (Å²) in [5.41, 5.74) is 2.60. The monoisotopic (exact) mass is 474 g/mol. The molecule has 1 amide bonds. The fourth-order valence-corrected chi connectivity index (χ4v) is 7.69. The minimum atomic E-state index is -1.03. The first kappa shape index (κ1) is 25.2. The van der Waals surface area contributed by atoms with Crippen molar-refractivity contribution < 1.29 is 24.6 Å². The number of carboxylic acids is 1. The normalized spacial score (nSPS) is 39.8. The molecule has 4 aliphatic carbocycles. The highest BCUT2D eigenvalue weighted by Gasteiger charge is 2.58. The van der Waals surface area contributed by atoms with Gasteiger partial charge in [-0.15, -0.1) is 0 Å². The number of aliphatic hydroxyl groups excluding tert-OH is 1. The van der Waals surface area contributed by atoms with E-state index in [-0.39, 0.29) is 29.5 Å². The summed E-state index contributed by atoms with van der Waals surface area (Å²) in [4.78, 5) is 28.9. The molecule has 0 aromatic rings. The molecule has 190 valence electrons. The lowest BCUT2D eigenvalue weighted by Gasteiger charge is -2.57. The van der Waals surface area contributed by atoms with E-state index in [0.29, 0.717) is 24.2 Å². The average molecular weight is 475 g/mol. The highest BCUT2D eigenvalue weighted by molar-refractivity contribution is 5.96. The Morgan fingerprint density at radius 1 is 1.18 bits per heavy atom. The Morgan fingerprint density at radius 3 is 2.65 bits per heavy atom. The van der Waals surface area contributed by atoms with Crippen molar-refractivity contribution in [3.05, 3.63) is 11.6 Å². The molecule has 4 aliphatic rings. The number of fused-ring (bicyclic) bond motifs is 5. The van der Waals surface area contributed by atoms with E-state index < -0.39 is 17.9 Å². The van der Waals surface area contributed by atoms with Gasteiger partial charge in [0.15, 0.2) is 6.61 Å². The summed E-state index contributed by atoms with van der Waals surface area (Å²) in [5.74, 6) is 0.350. The lowest BCUT2D eigenvalue weighted by Crippen LogP contribution is -2.51. The molecule has 0 aliphatic heterocycles. The molecule has 0 heterocycles. The van der Waals surface area contributed by atoms with Crippen molar-refractivity contribution >= 4 is 17.6 Å². The molecular weight excluding hydrogens is 432 g/mol. The summed E-state index contributed by atoms with van der Waals surface area (Å²) in [5, 5.41) is 26.8. The Bertz CT molecular complexity index is 869. The predicted molar refractivity (Wildman–Crippen MR) is 130 cm³/mol. The highest BCUT2D eigenvalue weighted by Crippen LogP contribution is 2.65. The molecule has 0 spiro atoms. The molecule has 3 saturated carbocycles. The van der Waals surface area contributed by atoms with Crippen LogP contribution in [0.4, 0.5) is 0 Å². The zero-order chi connectivity index (χ0) is 24.7. The van der Waals surface area contributed by atoms with E-state index in [4.69, 9.17) is 4.84 Å². The van der Waals surface area contributed by atoms with Crippen LogP contribution in [0.3, 0.4) is 0 Å². The minimum Gasteiger partial charge on any atom is -0.480 e. The Balaban J connectivity index is 1.38. The largest absolute Gasteiger partial charge is 0.480 e. The second-order valence-electron chi connectivity index (χ2n) is 11.8. The van der Waals surface area contributed by atoms with Crippen molar-refractivity contribution in [1.82, 2.24) is 5.32 Å². The maximum Gasteiger partial charge on any atom is 0.326 e. The highest BCUT2D eigenvalue weighted by atomic mass is 16.6. The third kappa shape index (κ3) is 4.40. The zero-order valence-corrected chi connectivity index (χ0v) is 21.2. The number of nitrogens with zero attached hydrogens (tertiary/aromatic N) is 1. The number of carbonyl (C=O) groups is 2. The van der Waals surface area contributed by atoms with Gasteiger partial charge in [0.05, 0.1) is 11.8 Å². The first-order chi connectivity index (χ1) is 16.1. The van der Waals surface area contributed by atoms with E-state index in [1.54, 1.807) is 0 Å². The first-order valence-corrected chi connectivity index (χ1v) is 13.2. The van der Waals surface area contributed by atoms with Crippen LogP contribution in [0.5, 0.6) is 0 Å². The molecule has 7 nitrogen and oxygen atoms in total. The van der Waals surface area contributed by atoms with Crippen molar-refractivity contribution in [2.75, 3.05) is 6.61 Å². The van der Waals surface area contributed by atoms with Crippen LogP contribution < -0.4 is 5.32 Å². The summed E-state index contributed by atoms with van der Waals surface area (Å²) in [7, 11) is 0. The van der Waals surface area contributed by atoms with Gasteiger partial charge in [0.25, 0.3) is 5.91 Å². The summed E-state index contributed by atoms with van der Waals surface area (Å²) in [6.07, 6.45) is 11.2. The number of nitrogens with one attached hydrogen (secondary N) is 1. The van der Waals surface area contributed by atoms with Gasteiger partial charge in [-0.3, -0.25) is 4.79 Å². The van der Waals surface area contributed by atoms with Gasteiger partial charge in [-0.05, 0) is 91.9 Å². The lowest BCUT2D eigenvalue weighted by atomic mass is 9.47. The second-order valence-corrected chi connectivity index (χ2v) is 11.8. The van der Waals surface area contributed by atoms with E-state index in [0.717, 1.165) is 44.2 Å². The lowest BCUT2D eigenvalue weighted by molar-refractivity contribution is -0.144. The van der Waals surface area contributed by atoms with Crippen LogP contribution in [-0.4, -0.2) is 46.6 Å². The number of aliphatic carboxylic acids is 1. The van der Waals surface area contributed by atoms with Gasteiger partial charge in [0.1, 0.15) is 6.04 Å². The molecule has 3 N–H and O–H groups in total. The molecule has 0 saturated heterocycles. The van der Waals surface area contributed by atoms with Gasteiger partial charge in [-0.25, -0.2) is 4.79 Å². The number of hydrogen-bond donors (Lipinski definition) is 3. The molecule has 8 atom stereocenters. The molecular formula is C27H42N2O5. The van der Waals surface area contributed by atoms with Crippen molar-refractivity contribution in [2.24, 2.45) is 39.7 Å². The molecule has 0 unspecified atom stereocenters. The van der Waals surface area contributed by atoms with Crippen LogP contribution in [0.25, 0.3) is 0 Å². The smallest absolute Gasteiger partial charge is 0.326 e. The molecule has 34 heavy (non-hydrogen) atoms. The SMILES string of the molecule is CC[C@@H](C)[C@@H](NC(=O)CO/N=C1/C=C2CC[C@H]3[C@H]4CC[C@H](O)[C@@]4(C)CC[C@H]3[C@@]2(C)CC1)C(=O)O. The fraction of sp³-hybridized carbons (Fsp3) is 0.815.